The van der Waals surface area contributed by atoms with E-state index < -0.39 is 0 Å². The third kappa shape index (κ3) is 4.42. The highest BCUT2D eigenvalue weighted by molar-refractivity contribution is 6.09. The maximum Gasteiger partial charge on any atom is 0.164 e. The van der Waals surface area contributed by atoms with Crippen LogP contribution in [0.1, 0.15) is 0 Å². The number of aromatic nitrogens is 8. The molecule has 10 nitrogen and oxygen atoms in total. The Bertz CT molecular complexity index is 2830. The highest BCUT2D eigenvalue weighted by Crippen LogP contribution is 2.39. The van der Waals surface area contributed by atoms with Crippen LogP contribution >= 0.6 is 0 Å². The fraction of sp³-hybridized carbons (Fsp3) is 0.0500. The first-order valence-electron chi connectivity index (χ1n) is 16.3. The van der Waals surface area contributed by atoms with Crippen molar-refractivity contribution in [3.8, 4) is 57.1 Å². The Morgan fingerprint density at radius 1 is 0.440 bits per heavy atom. The summed E-state index contributed by atoms with van der Waals surface area (Å²) < 4.78 is 6.54. The number of aromatic amines is 2. The van der Waals surface area contributed by atoms with E-state index >= 15 is 0 Å². The summed E-state index contributed by atoms with van der Waals surface area (Å²) in [7, 11) is 4.03. The summed E-state index contributed by atoms with van der Waals surface area (Å²) in [5.41, 5.74) is 7.11. The van der Waals surface area contributed by atoms with E-state index in [9.17, 15) is 0 Å². The monoisotopic (exact) mass is 649 g/mol. The second-order valence-corrected chi connectivity index (χ2v) is 12.4. The molecule has 3 aromatic heterocycles. The molecule has 2 N–H and O–H groups in total. The van der Waals surface area contributed by atoms with Gasteiger partial charge in [0.25, 0.3) is 0 Å². The molecule has 5 aromatic carbocycles. The third-order valence-electron chi connectivity index (χ3n) is 9.12. The second kappa shape index (κ2) is 10.8. The van der Waals surface area contributed by atoms with Crippen LogP contribution in [0, 0.1) is 0 Å². The lowest BCUT2D eigenvalue weighted by Crippen LogP contribution is -2.07. The lowest BCUT2D eigenvalue weighted by atomic mass is 10.1. The van der Waals surface area contributed by atoms with Gasteiger partial charge in [-0.05, 0) is 30.3 Å². The molecule has 8 aromatic rings. The molecule has 2 aliphatic heterocycles. The van der Waals surface area contributed by atoms with Gasteiger partial charge in [-0.15, -0.1) is 0 Å². The summed E-state index contributed by atoms with van der Waals surface area (Å²) in [6.45, 7) is 0. The highest BCUT2D eigenvalue weighted by atomic mass is 16.5. The van der Waals surface area contributed by atoms with Crippen LogP contribution in [0.25, 0.3) is 89.7 Å². The molecule has 10 heteroatoms. The molecule has 0 radical (unpaired) electrons. The van der Waals surface area contributed by atoms with Gasteiger partial charge in [-0.1, -0.05) is 84.9 Å². The van der Waals surface area contributed by atoms with E-state index in [1.807, 2.05) is 129 Å². The minimum absolute atomic E-state index is 0.534. The zero-order valence-electron chi connectivity index (χ0n) is 27.0. The number of anilines is 1. The number of H-pyrrole nitrogens is 2. The van der Waals surface area contributed by atoms with Crippen LogP contribution in [0.3, 0.4) is 0 Å². The predicted octanol–water partition coefficient (Wildman–Crippen LogP) is 8.73. The summed E-state index contributed by atoms with van der Waals surface area (Å²) in [5, 5.41) is 3.48. The topological polar surface area (TPSA) is 121 Å². The zero-order chi connectivity index (χ0) is 33.3. The standard InChI is InChI=1S/C40H27N9O/c1-49(2)22-18-20-23(21-19-22)50-31-17-9-16-30-32(31)40-47-38-29-15-8-7-14-28(29)36(45-38)43-34-25-11-4-3-10-24(25)33(41-34)42-35-26-12-5-6-13-27(26)37(44-35)46-39(30)48-40/h3-21H,1-2H3,(H2,41,42,43,44,45,46,47,48). The Kier molecular flexibility index (Phi) is 6.07. The SMILES string of the molecule is CN(C)c1ccc(Oc2cccc3c4nc5nc(nc6[nH]c(nc7nc(nc([nH]4)c23)-c2ccccc2-7)c2ccccc62)-c2ccccc2-5)cc1. The van der Waals surface area contributed by atoms with Crippen molar-refractivity contribution in [3.05, 3.63) is 115 Å². The van der Waals surface area contributed by atoms with Gasteiger partial charge in [-0.25, -0.2) is 29.9 Å². The van der Waals surface area contributed by atoms with Gasteiger partial charge in [0.1, 0.15) is 34.1 Å². The summed E-state index contributed by atoms with van der Waals surface area (Å²) in [6.07, 6.45) is 0. The molecule has 0 unspecified atom stereocenters. The molecule has 10 rings (SSSR count). The second-order valence-electron chi connectivity index (χ2n) is 12.4. The number of benzene rings is 5. The first kappa shape index (κ1) is 28.1. The van der Waals surface area contributed by atoms with Gasteiger partial charge in [-0.3, -0.25) is 0 Å². The van der Waals surface area contributed by atoms with Crippen molar-refractivity contribution in [2.24, 2.45) is 0 Å². The number of ether oxygens (including phenoxy) is 1. The van der Waals surface area contributed by atoms with E-state index in [4.69, 9.17) is 34.6 Å². The van der Waals surface area contributed by atoms with Crippen molar-refractivity contribution >= 4 is 49.8 Å². The minimum Gasteiger partial charge on any atom is -0.457 e. The molecule has 0 spiro atoms. The number of nitrogens with zero attached hydrogens (tertiary/aromatic N) is 7. The number of hydrogen-bond acceptors (Lipinski definition) is 8. The summed E-state index contributed by atoms with van der Waals surface area (Å²) in [5.74, 6) is 3.55. The summed E-state index contributed by atoms with van der Waals surface area (Å²) in [4.78, 5) is 39.5. The molecule has 5 heterocycles. The average molecular weight is 650 g/mol. The first-order valence-corrected chi connectivity index (χ1v) is 16.3. The lowest BCUT2D eigenvalue weighted by molar-refractivity contribution is 0.488. The molecule has 8 bridgehead atoms. The molecule has 0 fully saturated rings. The Morgan fingerprint density at radius 2 is 0.880 bits per heavy atom. The Balaban J connectivity index is 1.32. The van der Waals surface area contributed by atoms with Crippen LogP contribution in [0.5, 0.6) is 11.5 Å². The van der Waals surface area contributed by atoms with Crippen LogP contribution in [0.15, 0.2) is 115 Å². The fourth-order valence-corrected chi connectivity index (χ4v) is 6.68. The van der Waals surface area contributed by atoms with Crippen molar-refractivity contribution in [1.82, 2.24) is 39.9 Å². The molecule has 2 aliphatic rings. The molecule has 0 atom stereocenters. The van der Waals surface area contributed by atoms with Gasteiger partial charge < -0.3 is 19.6 Å². The molecule has 0 saturated heterocycles. The number of hydrogen-bond donors (Lipinski definition) is 2. The molecule has 50 heavy (non-hydrogen) atoms. The van der Waals surface area contributed by atoms with Crippen LogP contribution in [0.2, 0.25) is 0 Å². The van der Waals surface area contributed by atoms with Crippen molar-refractivity contribution in [3.63, 3.8) is 0 Å². The van der Waals surface area contributed by atoms with Crippen molar-refractivity contribution < 1.29 is 4.74 Å². The van der Waals surface area contributed by atoms with Crippen molar-refractivity contribution in [2.75, 3.05) is 19.0 Å². The molecule has 0 aliphatic carbocycles. The van der Waals surface area contributed by atoms with E-state index in [1.165, 1.54) is 0 Å². The highest BCUT2D eigenvalue weighted by Gasteiger charge is 2.22. The van der Waals surface area contributed by atoms with E-state index in [1.54, 1.807) is 0 Å². The zero-order valence-corrected chi connectivity index (χ0v) is 27.0. The van der Waals surface area contributed by atoms with Gasteiger partial charge in [-0.2, -0.15) is 0 Å². The van der Waals surface area contributed by atoms with E-state index in [0.29, 0.717) is 57.4 Å². The molecule has 0 amide bonds. The molecular formula is C40H27N9O. The van der Waals surface area contributed by atoms with Crippen LogP contribution in [-0.2, 0) is 0 Å². The Hall–Kier alpha value is -6.94. The number of fused-ring (bicyclic) bond motifs is 20. The first-order chi connectivity index (χ1) is 24.6. The largest absolute Gasteiger partial charge is 0.457 e. The maximum absolute atomic E-state index is 6.54. The van der Waals surface area contributed by atoms with E-state index in [0.717, 1.165) is 49.5 Å². The van der Waals surface area contributed by atoms with E-state index in [-0.39, 0.29) is 0 Å². The molecular weight excluding hydrogens is 623 g/mol. The van der Waals surface area contributed by atoms with Crippen LogP contribution in [0.4, 0.5) is 5.69 Å². The third-order valence-corrected chi connectivity index (χ3v) is 9.12. The van der Waals surface area contributed by atoms with Gasteiger partial charge in [0, 0.05) is 58.2 Å². The quantitative estimate of drug-likeness (QED) is 0.195. The van der Waals surface area contributed by atoms with Gasteiger partial charge in [0.05, 0.1) is 5.39 Å². The van der Waals surface area contributed by atoms with Gasteiger partial charge in [0.2, 0.25) is 0 Å². The van der Waals surface area contributed by atoms with Crippen molar-refractivity contribution in [1.29, 1.82) is 0 Å². The smallest absolute Gasteiger partial charge is 0.164 e. The predicted molar refractivity (Wildman–Crippen MR) is 197 cm³/mol. The molecule has 0 saturated carbocycles. The summed E-state index contributed by atoms with van der Waals surface area (Å²) >= 11 is 0. The molecule has 238 valence electrons. The van der Waals surface area contributed by atoms with Crippen LogP contribution in [-0.4, -0.2) is 54.0 Å². The van der Waals surface area contributed by atoms with Crippen molar-refractivity contribution in [2.45, 2.75) is 0 Å². The summed E-state index contributed by atoms with van der Waals surface area (Å²) in [6, 6.07) is 38.0. The fourth-order valence-electron chi connectivity index (χ4n) is 6.68. The number of rotatable bonds is 3. The number of nitrogens with one attached hydrogen (secondary N) is 2. The normalized spacial score (nSPS) is 11.8. The van der Waals surface area contributed by atoms with E-state index in [2.05, 4.69) is 14.9 Å². The Labute approximate surface area is 285 Å². The van der Waals surface area contributed by atoms with Gasteiger partial charge in [0.15, 0.2) is 23.3 Å². The lowest BCUT2D eigenvalue weighted by Gasteiger charge is -2.13. The average Bonchev–Trinajstić information content (AvgIpc) is 3.88. The maximum atomic E-state index is 6.54. The van der Waals surface area contributed by atoms with Crippen LogP contribution < -0.4 is 9.64 Å². The van der Waals surface area contributed by atoms with Gasteiger partial charge >= 0.3 is 0 Å². The Morgan fingerprint density at radius 3 is 1.40 bits per heavy atom. The minimum atomic E-state index is 0.534.